The highest BCUT2D eigenvalue weighted by Crippen LogP contribution is 2.32. The van der Waals surface area contributed by atoms with Gasteiger partial charge in [-0.15, -0.1) is 0 Å². The first-order chi connectivity index (χ1) is 15.7. The Morgan fingerprint density at radius 3 is 2.41 bits per heavy atom. The smallest absolute Gasteiger partial charge is 0.254 e. The summed E-state index contributed by atoms with van der Waals surface area (Å²) >= 11 is 0. The van der Waals surface area contributed by atoms with E-state index >= 15 is 0 Å². The summed E-state index contributed by atoms with van der Waals surface area (Å²) in [4.78, 5) is 21.9. The zero-order chi connectivity index (χ0) is 22.1. The Balaban J connectivity index is 1.54. The van der Waals surface area contributed by atoms with Gasteiger partial charge in [-0.05, 0) is 42.5 Å². The van der Waals surface area contributed by atoms with Crippen molar-refractivity contribution in [3.8, 4) is 22.8 Å². The van der Waals surface area contributed by atoms with Crippen LogP contribution in [0, 0.1) is 0 Å². The van der Waals surface area contributed by atoms with Crippen LogP contribution in [-0.2, 0) is 0 Å². The van der Waals surface area contributed by atoms with Gasteiger partial charge < -0.3 is 9.47 Å². The van der Waals surface area contributed by atoms with E-state index in [4.69, 9.17) is 14.5 Å². The number of hydrogen-bond donors (Lipinski definition) is 0. The van der Waals surface area contributed by atoms with E-state index in [2.05, 4.69) is 4.98 Å². The van der Waals surface area contributed by atoms with Gasteiger partial charge in [0, 0.05) is 53.4 Å². The summed E-state index contributed by atoms with van der Waals surface area (Å²) in [5, 5.41) is 1.77. The molecular weight excluding hydrogens is 404 g/mol. The normalized spacial score (nSPS) is 11.4. The van der Waals surface area contributed by atoms with E-state index in [-0.39, 0.29) is 5.91 Å². The van der Waals surface area contributed by atoms with Crippen molar-refractivity contribution in [1.82, 2.24) is 18.9 Å². The Hall–Kier alpha value is -4.39. The van der Waals surface area contributed by atoms with Crippen LogP contribution < -0.4 is 9.47 Å². The molecule has 0 aliphatic heterocycles. The zero-order valence-electron chi connectivity index (χ0n) is 17.6. The predicted octanol–water partition coefficient (Wildman–Crippen LogP) is 4.72. The Morgan fingerprint density at radius 1 is 1.00 bits per heavy atom. The molecule has 0 aliphatic carbocycles. The number of pyridine rings is 2. The molecule has 1 aromatic carbocycles. The zero-order valence-corrected chi connectivity index (χ0v) is 17.6. The molecule has 5 aromatic rings. The second-order valence-electron chi connectivity index (χ2n) is 7.19. The molecule has 0 radical (unpaired) electrons. The van der Waals surface area contributed by atoms with Crippen LogP contribution in [0.5, 0.6) is 11.5 Å². The molecule has 7 nitrogen and oxygen atoms in total. The number of ether oxygens (including phenoxy) is 2. The molecule has 32 heavy (non-hydrogen) atoms. The average Bonchev–Trinajstić information content (AvgIpc) is 3.43. The van der Waals surface area contributed by atoms with Crippen molar-refractivity contribution in [2.24, 2.45) is 0 Å². The fraction of sp³-hybridized carbons (Fsp3) is 0.0800. The summed E-state index contributed by atoms with van der Waals surface area (Å²) in [6, 6.07) is 13.3. The molecule has 4 aromatic heterocycles. The summed E-state index contributed by atoms with van der Waals surface area (Å²) in [5.74, 6) is 1.06. The van der Waals surface area contributed by atoms with Crippen LogP contribution in [0.25, 0.3) is 33.8 Å². The standard InChI is InChI=1S/C25H20N4O3/c1-31-21-12-18-15-28(16-19(18)13-22(21)32-2)24(30)9-8-20-25(17-6-5-10-26-14-17)27-23-7-3-4-11-29(20)23/h3-16H,1-2H3/b9-8+. The summed E-state index contributed by atoms with van der Waals surface area (Å²) in [7, 11) is 3.18. The lowest BCUT2D eigenvalue weighted by Crippen LogP contribution is -2.03. The van der Waals surface area contributed by atoms with Crippen LogP contribution in [0.3, 0.4) is 0 Å². The Kier molecular flexibility index (Phi) is 4.91. The van der Waals surface area contributed by atoms with E-state index in [1.165, 1.54) is 0 Å². The van der Waals surface area contributed by atoms with Crippen LogP contribution >= 0.6 is 0 Å². The lowest BCUT2D eigenvalue weighted by molar-refractivity contribution is 0.0970. The maximum Gasteiger partial charge on any atom is 0.254 e. The third kappa shape index (κ3) is 3.39. The average molecular weight is 424 g/mol. The van der Waals surface area contributed by atoms with Gasteiger partial charge in [-0.25, -0.2) is 4.98 Å². The molecule has 4 heterocycles. The number of carbonyl (C=O) groups is 1. The highest BCUT2D eigenvalue weighted by atomic mass is 16.5. The molecule has 0 atom stereocenters. The van der Waals surface area contributed by atoms with Gasteiger partial charge >= 0.3 is 0 Å². The summed E-state index contributed by atoms with van der Waals surface area (Å²) < 4.78 is 14.2. The maximum atomic E-state index is 13.0. The number of hydrogen-bond acceptors (Lipinski definition) is 5. The molecule has 0 aliphatic rings. The molecule has 0 unspecified atom stereocenters. The number of imidazole rings is 1. The molecule has 7 heteroatoms. The summed E-state index contributed by atoms with van der Waals surface area (Å²) in [6.07, 6.45) is 12.3. The third-order valence-corrected chi connectivity index (χ3v) is 5.29. The minimum Gasteiger partial charge on any atom is -0.493 e. The van der Waals surface area contributed by atoms with Gasteiger partial charge in [0.05, 0.1) is 25.6 Å². The molecule has 158 valence electrons. The quantitative estimate of drug-likeness (QED) is 0.382. The van der Waals surface area contributed by atoms with Gasteiger partial charge in [-0.1, -0.05) is 6.07 Å². The van der Waals surface area contributed by atoms with E-state index in [0.29, 0.717) is 11.5 Å². The van der Waals surface area contributed by atoms with Crippen LogP contribution in [0.1, 0.15) is 10.5 Å². The van der Waals surface area contributed by atoms with Crippen molar-refractivity contribution < 1.29 is 14.3 Å². The second-order valence-corrected chi connectivity index (χ2v) is 7.19. The number of fused-ring (bicyclic) bond motifs is 2. The van der Waals surface area contributed by atoms with Crippen molar-refractivity contribution >= 4 is 28.4 Å². The number of methoxy groups -OCH3 is 2. The molecule has 0 amide bonds. The molecular formula is C25H20N4O3. The second kappa shape index (κ2) is 8.03. The Labute approximate surface area is 184 Å². The first kappa shape index (κ1) is 19.6. The van der Waals surface area contributed by atoms with Gasteiger partial charge in [-0.3, -0.25) is 18.7 Å². The molecule has 0 saturated carbocycles. The van der Waals surface area contributed by atoms with Crippen molar-refractivity contribution in [3.05, 3.63) is 85.2 Å². The predicted molar refractivity (Wildman–Crippen MR) is 123 cm³/mol. The number of nitrogens with zero attached hydrogens (tertiary/aromatic N) is 4. The maximum absolute atomic E-state index is 13.0. The minimum absolute atomic E-state index is 0.179. The van der Waals surface area contributed by atoms with Crippen molar-refractivity contribution in [2.75, 3.05) is 14.2 Å². The number of benzene rings is 1. The number of aromatic nitrogens is 4. The fourth-order valence-electron chi connectivity index (χ4n) is 3.72. The van der Waals surface area contributed by atoms with E-state index in [1.807, 2.05) is 53.1 Å². The summed E-state index contributed by atoms with van der Waals surface area (Å²) in [6.45, 7) is 0. The lowest BCUT2D eigenvalue weighted by Gasteiger charge is -2.06. The molecule has 0 saturated heterocycles. The molecule has 0 bridgehead atoms. The Morgan fingerprint density at radius 2 is 1.75 bits per heavy atom. The molecule has 0 fully saturated rings. The van der Waals surface area contributed by atoms with Gasteiger partial charge in [-0.2, -0.15) is 0 Å². The van der Waals surface area contributed by atoms with Gasteiger partial charge in [0.15, 0.2) is 11.5 Å². The van der Waals surface area contributed by atoms with Crippen LogP contribution in [0.15, 0.2) is 79.5 Å². The van der Waals surface area contributed by atoms with E-state index < -0.39 is 0 Å². The minimum atomic E-state index is -0.179. The molecule has 5 rings (SSSR count). The van der Waals surface area contributed by atoms with E-state index in [0.717, 1.165) is 33.4 Å². The highest BCUT2D eigenvalue weighted by Gasteiger charge is 2.13. The fourth-order valence-corrected chi connectivity index (χ4v) is 3.72. The highest BCUT2D eigenvalue weighted by molar-refractivity contribution is 5.98. The molecule has 0 spiro atoms. The van der Waals surface area contributed by atoms with E-state index in [1.54, 1.807) is 55.7 Å². The monoisotopic (exact) mass is 424 g/mol. The van der Waals surface area contributed by atoms with Gasteiger partial charge in [0.2, 0.25) is 0 Å². The molecule has 0 N–H and O–H groups in total. The third-order valence-electron chi connectivity index (χ3n) is 5.29. The topological polar surface area (TPSA) is 70.7 Å². The van der Waals surface area contributed by atoms with Crippen LogP contribution in [-0.4, -0.2) is 39.1 Å². The first-order valence-corrected chi connectivity index (χ1v) is 10.0. The number of rotatable bonds is 5. The van der Waals surface area contributed by atoms with Gasteiger partial charge in [0.25, 0.3) is 5.91 Å². The lowest BCUT2D eigenvalue weighted by atomic mass is 10.1. The SMILES string of the molecule is COc1cc2cn(C(=O)/C=C/c3c(-c4cccnc4)nc4ccccn34)cc2cc1OC. The van der Waals surface area contributed by atoms with Gasteiger partial charge in [0.1, 0.15) is 5.65 Å². The van der Waals surface area contributed by atoms with E-state index in [9.17, 15) is 4.79 Å². The Bertz CT molecular complexity index is 1420. The van der Waals surface area contributed by atoms with Crippen LogP contribution in [0.2, 0.25) is 0 Å². The first-order valence-electron chi connectivity index (χ1n) is 10.0. The number of allylic oxidation sites excluding steroid dienone is 1. The number of carbonyl (C=O) groups excluding carboxylic acids is 1. The van der Waals surface area contributed by atoms with Crippen molar-refractivity contribution in [1.29, 1.82) is 0 Å². The van der Waals surface area contributed by atoms with Crippen molar-refractivity contribution in [3.63, 3.8) is 0 Å². The largest absolute Gasteiger partial charge is 0.493 e. The van der Waals surface area contributed by atoms with Crippen LogP contribution in [0.4, 0.5) is 0 Å². The summed E-state index contributed by atoms with van der Waals surface area (Å²) in [5.41, 5.74) is 3.25. The van der Waals surface area contributed by atoms with Crippen molar-refractivity contribution in [2.45, 2.75) is 0 Å².